The quantitative estimate of drug-likeness (QED) is 0.835. The highest BCUT2D eigenvalue weighted by Gasteiger charge is 2.19. The van der Waals surface area contributed by atoms with Gasteiger partial charge in [0, 0.05) is 15.5 Å². The Morgan fingerprint density at radius 2 is 2.06 bits per heavy atom. The third-order valence-electron chi connectivity index (χ3n) is 2.10. The molecule has 4 nitrogen and oxygen atoms in total. The first-order valence-electron chi connectivity index (χ1n) is 4.79. The molecule has 0 aromatic carbocycles. The van der Waals surface area contributed by atoms with Gasteiger partial charge in [0.1, 0.15) is 10.7 Å². The van der Waals surface area contributed by atoms with E-state index in [1.54, 1.807) is 25.1 Å². The van der Waals surface area contributed by atoms with Gasteiger partial charge < -0.3 is 0 Å². The number of rotatable bonds is 3. The molecule has 2 aromatic heterocycles. The number of aromatic nitrogens is 1. The van der Waals surface area contributed by atoms with Crippen molar-refractivity contribution in [3.63, 3.8) is 0 Å². The summed E-state index contributed by atoms with van der Waals surface area (Å²) in [7, 11) is -3.58. The third kappa shape index (κ3) is 3.11. The van der Waals surface area contributed by atoms with Crippen LogP contribution in [0.2, 0.25) is 0 Å². The minimum Gasteiger partial charge on any atom is -0.263 e. The second-order valence-electron chi connectivity index (χ2n) is 3.44. The van der Waals surface area contributed by atoms with Crippen molar-refractivity contribution in [2.45, 2.75) is 11.8 Å². The molecule has 1 N–H and O–H groups in total. The first kappa shape index (κ1) is 14.0. The second kappa shape index (κ2) is 5.28. The van der Waals surface area contributed by atoms with Crippen molar-refractivity contribution in [2.75, 3.05) is 4.72 Å². The normalized spacial score (nSPS) is 11.5. The maximum Gasteiger partial charge on any atom is 0.264 e. The molecular formula is C10H8Br2N2O2S2. The van der Waals surface area contributed by atoms with Crippen molar-refractivity contribution in [3.8, 4) is 0 Å². The zero-order valence-electron chi connectivity index (χ0n) is 9.15. The zero-order chi connectivity index (χ0) is 13.3. The fourth-order valence-corrected chi connectivity index (χ4v) is 4.98. The summed E-state index contributed by atoms with van der Waals surface area (Å²) in [4.78, 5) is 4.98. The number of pyridine rings is 1. The van der Waals surface area contributed by atoms with E-state index in [4.69, 9.17) is 0 Å². The molecule has 0 spiro atoms. The summed E-state index contributed by atoms with van der Waals surface area (Å²) in [5, 5.41) is 0. The third-order valence-corrected chi connectivity index (χ3v) is 5.73. The van der Waals surface area contributed by atoms with Gasteiger partial charge in [-0.3, -0.25) is 4.72 Å². The summed E-state index contributed by atoms with van der Waals surface area (Å²) in [6.07, 6.45) is 1.54. The average Bonchev–Trinajstić information content (AvgIpc) is 2.62. The van der Waals surface area contributed by atoms with Crippen LogP contribution >= 0.6 is 43.2 Å². The summed E-state index contributed by atoms with van der Waals surface area (Å²) >= 11 is 7.89. The van der Waals surface area contributed by atoms with Crippen molar-refractivity contribution < 1.29 is 8.42 Å². The number of nitrogens with zero attached hydrogens (tertiary/aromatic N) is 1. The van der Waals surface area contributed by atoms with Crippen LogP contribution in [0.15, 0.2) is 37.6 Å². The summed E-state index contributed by atoms with van der Waals surface area (Å²) in [6.45, 7) is 1.76. The molecule has 18 heavy (non-hydrogen) atoms. The van der Waals surface area contributed by atoms with E-state index in [0.717, 1.165) is 13.1 Å². The number of anilines is 1. The second-order valence-corrected chi connectivity index (χ2v) is 8.64. The topological polar surface area (TPSA) is 59.1 Å². The van der Waals surface area contributed by atoms with Crippen LogP contribution in [0.4, 0.5) is 5.82 Å². The molecule has 0 aliphatic rings. The SMILES string of the molecule is Cc1sc(Br)cc1S(=O)(=O)Nc1ccc(Br)cn1. The highest BCUT2D eigenvalue weighted by Crippen LogP contribution is 2.30. The number of aryl methyl sites for hydroxylation is 1. The molecule has 0 aliphatic heterocycles. The predicted molar refractivity (Wildman–Crippen MR) is 79.5 cm³/mol. The number of hydrogen-bond acceptors (Lipinski definition) is 4. The van der Waals surface area contributed by atoms with E-state index >= 15 is 0 Å². The van der Waals surface area contributed by atoms with Gasteiger partial charge in [-0.25, -0.2) is 13.4 Å². The fraction of sp³-hybridized carbons (Fsp3) is 0.100. The Labute approximate surface area is 126 Å². The van der Waals surface area contributed by atoms with Crippen LogP contribution in [0, 0.1) is 6.92 Å². The van der Waals surface area contributed by atoms with Crippen molar-refractivity contribution in [1.82, 2.24) is 4.98 Å². The van der Waals surface area contributed by atoms with Gasteiger partial charge in [-0.2, -0.15) is 0 Å². The van der Waals surface area contributed by atoms with E-state index in [-0.39, 0.29) is 4.90 Å². The molecule has 0 atom stereocenters. The lowest BCUT2D eigenvalue weighted by Crippen LogP contribution is -2.13. The molecule has 2 heterocycles. The molecule has 0 fully saturated rings. The Morgan fingerprint density at radius 1 is 1.33 bits per heavy atom. The number of nitrogens with one attached hydrogen (secondary N) is 1. The number of sulfonamides is 1. The lowest BCUT2D eigenvalue weighted by atomic mass is 10.5. The average molecular weight is 412 g/mol. The Hall–Kier alpha value is -0.440. The highest BCUT2D eigenvalue weighted by atomic mass is 79.9. The maximum absolute atomic E-state index is 12.1. The van der Waals surface area contributed by atoms with Crippen molar-refractivity contribution >= 4 is 59.0 Å². The number of thiophene rings is 1. The van der Waals surface area contributed by atoms with E-state index < -0.39 is 10.0 Å². The van der Waals surface area contributed by atoms with E-state index in [9.17, 15) is 8.42 Å². The first-order chi connectivity index (χ1) is 8.38. The van der Waals surface area contributed by atoms with Gasteiger partial charge in [0.15, 0.2) is 0 Å². The molecule has 2 aromatic rings. The fourth-order valence-electron chi connectivity index (χ4n) is 1.33. The maximum atomic E-state index is 12.1. The minimum atomic E-state index is -3.58. The van der Waals surface area contributed by atoms with Gasteiger partial charge in [-0.05, 0) is 57.0 Å². The van der Waals surface area contributed by atoms with Gasteiger partial charge >= 0.3 is 0 Å². The largest absolute Gasteiger partial charge is 0.264 e. The molecule has 0 unspecified atom stereocenters. The van der Waals surface area contributed by atoms with E-state index in [1.807, 2.05) is 0 Å². The van der Waals surface area contributed by atoms with E-state index in [2.05, 4.69) is 41.6 Å². The number of hydrogen-bond donors (Lipinski definition) is 1. The minimum absolute atomic E-state index is 0.268. The molecule has 0 saturated carbocycles. The molecule has 0 saturated heterocycles. The molecule has 0 radical (unpaired) electrons. The summed E-state index contributed by atoms with van der Waals surface area (Å²) < 4.78 is 28.3. The van der Waals surface area contributed by atoms with E-state index in [0.29, 0.717) is 5.82 Å². The van der Waals surface area contributed by atoms with Crippen LogP contribution in [0.25, 0.3) is 0 Å². The molecular weight excluding hydrogens is 404 g/mol. The van der Waals surface area contributed by atoms with Crippen LogP contribution in [-0.4, -0.2) is 13.4 Å². The van der Waals surface area contributed by atoms with Crippen molar-refractivity contribution in [3.05, 3.63) is 37.5 Å². The zero-order valence-corrected chi connectivity index (χ0v) is 14.0. The Kier molecular flexibility index (Phi) is 4.10. The Morgan fingerprint density at radius 3 is 2.56 bits per heavy atom. The Balaban J connectivity index is 2.33. The molecule has 2 rings (SSSR count). The summed E-state index contributed by atoms with van der Waals surface area (Å²) in [5.74, 6) is 0.292. The smallest absolute Gasteiger partial charge is 0.263 e. The highest BCUT2D eigenvalue weighted by molar-refractivity contribution is 9.11. The molecule has 8 heteroatoms. The van der Waals surface area contributed by atoms with Gasteiger partial charge in [0.2, 0.25) is 0 Å². The van der Waals surface area contributed by atoms with Gasteiger partial charge in [-0.1, -0.05) is 0 Å². The molecule has 0 bridgehead atoms. The van der Waals surface area contributed by atoms with Gasteiger partial charge in [0.05, 0.1) is 3.79 Å². The van der Waals surface area contributed by atoms with E-state index in [1.165, 1.54) is 17.5 Å². The van der Waals surface area contributed by atoms with Crippen LogP contribution in [0.5, 0.6) is 0 Å². The summed E-state index contributed by atoms with van der Waals surface area (Å²) in [6, 6.07) is 4.90. The first-order valence-corrected chi connectivity index (χ1v) is 8.67. The Bertz CT molecular complexity index is 666. The molecule has 96 valence electrons. The van der Waals surface area contributed by atoms with Gasteiger partial charge in [-0.15, -0.1) is 11.3 Å². The van der Waals surface area contributed by atoms with Crippen LogP contribution < -0.4 is 4.72 Å². The molecule has 0 amide bonds. The van der Waals surface area contributed by atoms with Gasteiger partial charge in [0.25, 0.3) is 10.0 Å². The standard InChI is InChI=1S/C10H8Br2N2O2S2/c1-6-8(4-9(12)17-6)18(15,16)14-10-3-2-7(11)5-13-10/h2-5H,1H3,(H,13,14). The summed E-state index contributed by atoms with van der Waals surface area (Å²) in [5.41, 5.74) is 0. The molecule has 0 aliphatic carbocycles. The van der Waals surface area contributed by atoms with Crippen molar-refractivity contribution in [1.29, 1.82) is 0 Å². The monoisotopic (exact) mass is 410 g/mol. The lowest BCUT2D eigenvalue weighted by Gasteiger charge is -2.06. The predicted octanol–water partition coefficient (Wildman–Crippen LogP) is 3.78. The van der Waals surface area contributed by atoms with Crippen molar-refractivity contribution in [2.24, 2.45) is 0 Å². The van der Waals surface area contributed by atoms with Crippen LogP contribution in [-0.2, 0) is 10.0 Å². The van der Waals surface area contributed by atoms with Crippen LogP contribution in [0.3, 0.4) is 0 Å². The number of halogens is 2. The lowest BCUT2D eigenvalue weighted by molar-refractivity contribution is 0.601. The van der Waals surface area contributed by atoms with Crippen LogP contribution in [0.1, 0.15) is 4.88 Å².